The van der Waals surface area contributed by atoms with Gasteiger partial charge in [0.2, 0.25) is 0 Å². The maximum Gasteiger partial charge on any atom is 0.309 e. The molecule has 14 heavy (non-hydrogen) atoms. The Morgan fingerprint density at radius 3 is 2.57 bits per heavy atom. The van der Waals surface area contributed by atoms with Crippen LogP contribution in [0.5, 0.6) is 0 Å². The van der Waals surface area contributed by atoms with Crippen molar-refractivity contribution in [1.82, 2.24) is 0 Å². The minimum Gasteiger partial charge on any atom is -0.481 e. The van der Waals surface area contributed by atoms with E-state index in [9.17, 15) is 9.59 Å². The number of hydrogen-bond donors (Lipinski definition) is 2. The van der Waals surface area contributed by atoms with Crippen molar-refractivity contribution in [1.29, 1.82) is 0 Å². The lowest BCUT2D eigenvalue weighted by Gasteiger charge is -2.29. The van der Waals surface area contributed by atoms with Crippen molar-refractivity contribution in [3.8, 4) is 0 Å². The smallest absolute Gasteiger partial charge is 0.309 e. The van der Waals surface area contributed by atoms with Gasteiger partial charge in [-0.3, -0.25) is 9.59 Å². The van der Waals surface area contributed by atoms with E-state index in [4.69, 9.17) is 5.11 Å². The van der Waals surface area contributed by atoms with Gasteiger partial charge >= 0.3 is 11.9 Å². The van der Waals surface area contributed by atoms with Gasteiger partial charge in [0.25, 0.3) is 0 Å². The van der Waals surface area contributed by atoms with E-state index in [1.54, 1.807) is 0 Å². The van der Waals surface area contributed by atoms with Gasteiger partial charge in [-0.25, -0.2) is 0 Å². The molecule has 0 aromatic heterocycles. The Bertz CT molecular complexity index is 241. The normalized spacial score (nSPS) is 32.3. The standard InChI is InChI=1S/C9H14O4S/c1-13-9(12)6-4-5(8(10)11)2-3-7(6)14/h5-7,14H,2-4H2,1H3,(H,10,11). The minimum atomic E-state index is -0.834. The largest absolute Gasteiger partial charge is 0.481 e. The van der Waals surface area contributed by atoms with Gasteiger partial charge < -0.3 is 9.84 Å². The molecule has 1 aliphatic rings. The van der Waals surface area contributed by atoms with Crippen LogP contribution < -0.4 is 0 Å². The van der Waals surface area contributed by atoms with Crippen LogP contribution in [0.4, 0.5) is 0 Å². The Hall–Kier alpha value is -0.710. The Kier molecular flexibility index (Phi) is 3.80. The summed E-state index contributed by atoms with van der Waals surface area (Å²) in [6.45, 7) is 0. The first-order valence-electron chi connectivity index (χ1n) is 4.55. The molecule has 0 saturated heterocycles. The van der Waals surface area contributed by atoms with Crippen molar-refractivity contribution in [3.05, 3.63) is 0 Å². The van der Waals surface area contributed by atoms with Gasteiger partial charge in [-0.2, -0.15) is 12.6 Å². The zero-order valence-corrected chi connectivity index (χ0v) is 8.87. The van der Waals surface area contributed by atoms with E-state index in [2.05, 4.69) is 17.4 Å². The molecule has 0 radical (unpaired) electrons. The van der Waals surface area contributed by atoms with E-state index < -0.39 is 11.9 Å². The number of carboxylic acid groups (broad SMARTS) is 1. The van der Waals surface area contributed by atoms with Crippen molar-refractivity contribution >= 4 is 24.6 Å². The van der Waals surface area contributed by atoms with Gasteiger partial charge in [-0.1, -0.05) is 0 Å². The number of hydrogen-bond acceptors (Lipinski definition) is 4. The van der Waals surface area contributed by atoms with Crippen LogP contribution in [0.1, 0.15) is 19.3 Å². The van der Waals surface area contributed by atoms with Crippen molar-refractivity contribution in [2.24, 2.45) is 11.8 Å². The highest BCUT2D eigenvalue weighted by atomic mass is 32.1. The van der Waals surface area contributed by atoms with Crippen LogP contribution in [0.3, 0.4) is 0 Å². The number of thiol groups is 1. The fourth-order valence-electron chi connectivity index (χ4n) is 1.78. The lowest BCUT2D eigenvalue weighted by molar-refractivity contribution is -0.149. The fourth-order valence-corrected chi connectivity index (χ4v) is 2.18. The van der Waals surface area contributed by atoms with Gasteiger partial charge in [-0.15, -0.1) is 0 Å². The summed E-state index contributed by atoms with van der Waals surface area (Å²) >= 11 is 4.26. The zero-order valence-electron chi connectivity index (χ0n) is 7.97. The number of carbonyl (C=O) groups excluding carboxylic acids is 1. The average molecular weight is 218 g/mol. The number of methoxy groups -OCH3 is 1. The molecule has 4 nitrogen and oxygen atoms in total. The summed E-state index contributed by atoms with van der Waals surface area (Å²) in [5, 5.41) is 8.75. The highest BCUT2D eigenvalue weighted by molar-refractivity contribution is 7.81. The maximum absolute atomic E-state index is 11.3. The number of aliphatic carboxylic acids is 1. The molecule has 3 unspecified atom stereocenters. The van der Waals surface area contributed by atoms with Crippen molar-refractivity contribution < 1.29 is 19.4 Å². The summed E-state index contributed by atoms with van der Waals surface area (Å²) < 4.78 is 4.61. The van der Waals surface area contributed by atoms with Gasteiger partial charge in [0.15, 0.2) is 0 Å². The monoisotopic (exact) mass is 218 g/mol. The third kappa shape index (κ3) is 2.41. The van der Waals surface area contributed by atoms with Crippen LogP contribution in [0.15, 0.2) is 0 Å². The number of carboxylic acids is 1. The molecule has 0 spiro atoms. The third-order valence-corrected chi connectivity index (χ3v) is 3.29. The minimum absolute atomic E-state index is 0.0713. The predicted octanol–water partition coefficient (Wildman–Crippen LogP) is 0.959. The lowest BCUT2D eigenvalue weighted by Crippen LogP contribution is -2.35. The first kappa shape index (κ1) is 11.4. The molecular formula is C9H14O4S. The number of ether oxygens (including phenoxy) is 1. The zero-order chi connectivity index (χ0) is 10.7. The number of esters is 1. The first-order valence-corrected chi connectivity index (χ1v) is 5.06. The molecule has 0 bridgehead atoms. The summed E-state index contributed by atoms with van der Waals surface area (Å²) in [6.07, 6.45) is 1.59. The van der Waals surface area contributed by atoms with Crippen LogP contribution in [0.25, 0.3) is 0 Å². The van der Waals surface area contributed by atoms with Crippen LogP contribution in [-0.4, -0.2) is 29.4 Å². The summed E-state index contributed by atoms with van der Waals surface area (Å²) in [6, 6.07) is 0. The van der Waals surface area contributed by atoms with Gasteiger partial charge in [0.05, 0.1) is 18.9 Å². The molecule has 1 rings (SSSR count). The van der Waals surface area contributed by atoms with E-state index in [-0.39, 0.29) is 17.1 Å². The topological polar surface area (TPSA) is 63.6 Å². The van der Waals surface area contributed by atoms with E-state index in [1.165, 1.54) is 7.11 Å². The van der Waals surface area contributed by atoms with Gasteiger partial charge in [0, 0.05) is 5.25 Å². The van der Waals surface area contributed by atoms with E-state index in [1.807, 2.05) is 0 Å². The third-order valence-electron chi connectivity index (χ3n) is 2.67. The lowest BCUT2D eigenvalue weighted by atomic mass is 9.81. The van der Waals surface area contributed by atoms with Crippen LogP contribution >= 0.6 is 12.6 Å². The molecule has 0 heterocycles. The fraction of sp³-hybridized carbons (Fsp3) is 0.778. The van der Waals surface area contributed by atoms with Crippen LogP contribution in [0.2, 0.25) is 0 Å². The molecule has 80 valence electrons. The maximum atomic E-state index is 11.3. The van der Waals surface area contributed by atoms with E-state index in [0.29, 0.717) is 19.3 Å². The highest BCUT2D eigenvalue weighted by Crippen LogP contribution is 2.33. The molecule has 3 atom stereocenters. The van der Waals surface area contributed by atoms with Crippen LogP contribution in [-0.2, 0) is 14.3 Å². The molecule has 1 fully saturated rings. The van der Waals surface area contributed by atoms with E-state index >= 15 is 0 Å². The van der Waals surface area contributed by atoms with E-state index in [0.717, 1.165) is 0 Å². The Morgan fingerprint density at radius 2 is 2.07 bits per heavy atom. The summed E-state index contributed by atoms with van der Waals surface area (Å²) in [4.78, 5) is 22.0. The van der Waals surface area contributed by atoms with Crippen molar-refractivity contribution in [3.63, 3.8) is 0 Å². The molecule has 1 aliphatic carbocycles. The average Bonchev–Trinajstić information content (AvgIpc) is 2.17. The second-order valence-corrected chi connectivity index (χ2v) is 4.21. The SMILES string of the molecule is COC(=O)C1CC(C(=O)O)CCC1S. The second kappa shape index (κ2) is 4.68. The summed E-state index contributed by atoms with van der Waals surface area (Å²) in [5.74, 6) is -1.99. The molecule has 1 saturated carbocycles. The summed E-state index contributed by atoms with van der Waals surface area (Å²) in [5.41, 5.74) is 0. The Morgan fingerprint density at radius 1 is 1.43 bits per heavy atom. The number of carbonyl (C=O) groups is 2. The number of rotatable bonds is 2. The first-order chi connectivity index (χ1) is 6.56. The molecule has 0 aromatic rings. The molecule has 1 N–H and O–H groups in total. The van der Waals surface area contributed by atoms with Gasteiger partial charge in [-0.05, 0) is 19.3 Å². The second-order valence-electron chi connectivity index (χ2n) is 3.55. The molecule has 5 heteroatoms. The highest BCUT2D eigenvalue weighted by Gasteiger charge is 2.36. The predicted molar refractivity (Wildman–Crippen MR) is 53.3 cm³/mol. The Labute approximate surface area is 88.0 Å². The van der Waals surface area contributed by atoms with Crippen molar-refractivity contribution in [2.75, 3.05) is 7.11 Å². The quantitative estimate of drug-likeness (QED) is 0.535. The van der Waals surface area contributed by atoms with Crippen LogP contribution in [0, 0.1) is 11.8 Å². The van der Waals surface area contributed by atoms with Gasteiger partial charge in [0.1, 0.15) is 0 Å². The van der Waals surface area contributed by atoms with Crippen molar-refractivity contribution in [2.45, 2.75) is 24.5 Å². The molecule has 0 amide bonds. The Balaban J connectivity index is 2.64. The summed E-state index contributed by atoms with van der Waals surface area (Å²) in [7, 11) is 1.31. The molecule has 0 aliphatic heterocycles. The molecule has 0 aromatic carbocycles. The molecular weight excluding hydrogens is 204 g/mol.